The molecule has 4 aliphatic rings. The molecule has 132 valence electrons. The Labute approximate surface area is 152 Å². The number of thioether (sulfide) groups is 1. The van der Waals surface area contributed by atoms with Crippen LogP contribution in [-0.4, -0.2) is 65.7 Å². The van der Waals surface area contributed by atoms with E-state index in [1.54, 1.807) is 12.3 Å². The summed E-state index contributed by atoms with van der Waals surface area (Å²) >= 11 is 1.89. The monoisotopic (exact) mass is 358 g/mol. The maximum absolute atomic E-state index is 14.9. The fraction of sp³-hybridized carbons (Fsp3) is 0.526. The quantitative estimate of drug-likeness (QED) is 0.532. The summed E-state index contributed by atoms with van der Waals surface area (Å²) in [6.45, 7) is 4.03. The lowest BCUT2D eigenvalue weighted by Gasteiger charge is -2.42. The number of nitrogens with zero attached hydrogens (tertiary/aromatic N) is 4. The Morgan fingerprint density at radius 2 is 2.12 bits per heavy atom. The number of hydrogen-bond donors (Lipinski definition) is 0. The Kier molecular flexibility index (Phi) is 4.38. The lowest BCUT2D eigenvalue weighted by atomic mass is 9.68. The first-order valence-electron chi connectivity index (χ1n) is 8.78. The summed E-state index contributed by atoms with van der Waals surface area (Å²) in [5.41, 5.74) is 3.32. The van der Waals surface area contributed by atoms with Gasteiger partial charge in [-0.15, -0.1) is 0 Å². The maximum Gasteiger partial charge on any atom is 0.0914 e. The zero-order chi connectivity index (χ0) is 17.4. The van der Waals surface area contributed by atoms with Crippen molar-refractivity contribution in [3.8, 4) is 6.07 Å². The zero-order valence-corrected chi connectivity index (χ0v) is 15.3. The largest absolute Gasteiger partial charge is 0.369 e. The lowest BCUT2D eigenvalue weighted by Crippen LogP contribution is -2.46. The molecule has 0 aromatic carbocycles. The predicted octanol–water partition coefficient (Wildman–Crippen LogP) is 2.71. The first-order chi connectivity index (χ1) is 12.1. The van der Waals surface area contributed by atoms with Gasteiger partial charge in [-0.25, -0.2) is 5.12 Å². The first-order valence-corrected chi connectivity index (χ1v) is 9.93. The zero-order valence-electron chi connectivity index (χ0n) is 14.5. The van der Waals surface area contributed by atoms with Gasteiger partial charge in [0.1, 0.15) is 0 Å². The molecule has 0 aromatic heterocycles. The summed E-state index contributed by atoms with van der Waals surface area (Å²) in [6.07, 6.45) is 9.77. The molecule has 1 aliphatic carbocycles. The smallest absolute Gasteiger partial charge is 0.0914 e. The Morgan fingerprint density at radius 3 is 2.88 bits per heavy atom. The van der Waals surface area contributed by atoms with E-state index >= 15 is 0 Å². The maximum atomic E-state index is 14.9. The van der Waals surface area contributed by atoms with E-state index in [9.17, 15) is 4.48 Å². The predicted molar refractivity (Wildman–Crippen MR) is 99.2 cm³/mol. The molecule has 3 aliphatic heterocycles. The molecule has 0 bridgehead atoms. The third-order valence-electron chi connectivity index (χ3n) is 5.83. The molecule has 2 atom stereocenters. The molecule has 0 amide bonds. The summed E-state index contributed by atoms with van der Waals surface area (Å²) in [5.74, 6) is 1.85. The third-order valence-corrected chi connectivity index (χ3v) is 7.04. The van der Waals surface area contributed by atoms with E-state index in [2.05, 4.69) is 22.9 Å². The van der Waals surface area contributed by atoms with E-state index in [4.69, 9.17) is 5.26 Å². The van der Waals surface area contributed by atoms with Gasteiger partial charge in [-0.05, 0) is 30.7 Å². The molecule has 3 heterocycles. The minimum Gasteiger partial charge on any atom is -0.369 e. The average Bonchev–Trinajstić information content (AvgIpc) is 2.95. The van der Waals surface area contributed by atoms with Crippen LogP contribution in [0.3, 0.4) is 0 Å². The van der Waals surface area contributed by atoms with E-state index in [0.29, 0.717) is 0 Å². The Morgan fingerprint density at radius 1 is 1.32 bits per heavy atom. The number of allylic oxidation sites excluding steroid dienone is 4. The lowest BCUT2D eigenvalue weighted by molar-refractivity contribution is 0.0117. The fourth-order valence-electron chi connectivity index (χ4n) is 4.42. The van der Waals surface area contributed by atoms with E-state index < -0.39 is 0 Å². The molecule has 0 radical (unpaired) electrons. The van der Waals surface area contributed by atoms with Crippen molar-refractivity contribution in [2.75, 3.05) is 44.7 Å². The van der Waals surface area contributed by atoms with Crippen molar-refractivity contribution in [3.05, 3.63) is 47.3 Å². The van der Waals surface area contributed by atoms with Crippen LogP contribution in [0.25, 0.3) is 0 Å². The van der Waals surface area contributed by atoms with Crippen LogP contribution in [0, 0.1) is 16.7 Å². The number of hydrogen-bond acceptors (Lipinski definition) is 5. The van der Waals surface area contributed by atoms with Crippen LogP contribution in [0.1, 0.15) is 6.42 Å². The molecule has 6 heteroatoms. The molecular weight excluding hydrogens is 335 g/mol. The van der Waals surface area contributed by atoms with Gasteiger partial charge in [-0.3, -0.25) is 0 Å². The second kappa shape index (κ2) is 6.54. The molecule has 1 spiro atoms. The Balaban J connectivity index is 1.78. The van der Waals surface area contributed by atoms with Crippen LogP contribution in [0.4, 0.5) is 4.48 Å². The number of rotatable bonds is 1. The molecule has 0 aromatic rings. The molecular formula is C19H23FN4S. The molecule has 2 unspecified atom stereocenters. The number of piperazine rings is 1. The van der Waals surface area contributed by atoms with Crippen molar-refractivity contribution >= 4 is 11.8 Å². The molecule has 0 saturated carbocycles. The number of halogens is 1. The van der Waals surface area contributed by atoms with Gasteiger partial charge in [0.25, 0.3) is 0 Å². The van der Waals surface area contributed by atoms with Crippen molar-refractivity contribution in [1.82, 2.24) is 14.9 Å². The standard InChI is InChI=1S/C19H23FN4S/c1-22-8-10-23(11-9-22)17-5-7-24(20)18-3-2-15(4-6-21)12-19(18)14-25-13-16(17)19/h2-5,7,18H,8-14H2,1H3/b15-4-. The van der Waals surface area contributed by atoms with Gasteiger partial charge in [-0.2, -0.15) is 17.0 Å². The Bertz CT molecular complexity index is 711. The van der Waals surface area contributed by atoms with Gasteiger partial charge in [0.05, 0.1) is 12.1 Å². The first kappa shape index (κ1) is 16.7. The summed E-state index contributed by atoms with van der Waals surface area (Å²) in [6, 6.07) is 1.86. The average molecular weight is 358 g/mol. The van der Waals surface area contributed by atoms with Crippen molar-refractivity contribution in [2.24, 2.45) is 5.41 Å². The summed E-state index contributed by atoms with van der Waals surface area (Å²) < 4.78 is 14.9. The second-order valence-corrected chi connectivity index (χ2v) is 8.28. The van der Waals surface area contributed by atoms with Crippen molar-refractivity contribution < 1.29 is 4.48 Å². The normalized spacial score (nSPS) is 34.1. The van der Waals surface area contributed by atoms with Gasteiger partial charge in [-0.1, -0.05) is 16.6 Å². The minimum atomic E-state index is -0.283. The SMILES string of the molecule is CN1CCN(C2=C3CSCC34C/C(=C\C#N)C=CC4N(F)C=C2)CC1. The highest BCUT2D eigenvalue weighted by Gasteiger charge is 2.51. The number of nitriles is 1. The van der Waals surface area contributed by atoms with Crippen molar-refractivity contribution in [3.63, 3.8) is 0 Å². The highest BCUT2D eigenvalue weighted by molar-refractivity contribution is 7.99. The van der Waals surface area contributed by atoms with Gasteiger partial charge in [0, 0.05) is 61.1 Å². The fourth-order valence-corrected chi connectivity index (χ4v) is 5.98. The summed E-state index contributed by atoms with van der Waals surface area (Å²) in [5, 5.41) is 9.92. The van der Waals surface area contributed by atoms with Crippen LogP contribution in [0.5, 0.6) is 0 Å². The van der Waals surface area contributed by atoms with E-state index in [1.165, 1.54) is 11.3 Å². The molecule has 4 rings (SSSR count). The molecule has 25 heavy (non-hydrogen) atoms. The summed E-state index contributed by atoms with van der Waals surface area (Å²) in [7, 11) is 2.15. The molecule has 2 fully saturated rings. The van der Waals surface area contributed by atoms with Gasteiger partial charge < -0.3 is 9.80 Å². The van der Waals surface area contributed by atoms with E-state index in [1.807, 2.05) is 30.0 Å². The third kappa shape index (κ3) is 2.80. The van der Waals surface area contributed by atoms with Crippen LogP contribution in [-0.2, 0) is 0 Å². The summed E-state index contributed by atoms with van der Waals surface area (Å²) in [4.78, 5) is 4.75. The van der Waals surface area contributed by atoms with Crippen LogP contribution in [0.2, 0.25) is 0 Å². The van der Waals surface area contributed by atoms with Gasteiger partial charge in [0.2, 0.25) is 0 Å². The Hall–Kier alpha value is -1.71. The van der Waals surface area contributed by atoms with Gasteiger partial charge in [0.15, 0.2) is 0 Å². The van der Waals surface area contributed by atoms with Crippen molar-refractivity contribution in [1.29, 1.82) is 5.26 Å². The number of likely N-dealkylation sites (N-methyl/N-ethyl adjacent to an activating group) is 1. The van der Waals surface area contributed by atoms with Crippen LogP contribution < -0.4 is 0 Å². The van der Waals surface area contributed by atoms with E-state index in [-0.39, 0.29) is 11.5 Å². The molecule has 4 nitrogen and oxygen atoms in total. The second-order valence-electron chi connectivity index (χ2n) is 7.29. The molecule has 0 N–H and O–H groups in total. The topological polar surface area (TPSA) is 33.5 Å². The highest BCUT2D eigenvalue weighted by Crippen LogP contribution is 2.54. The highest BCUT2D eigenvalue weighted by atomic mass is 32.2. The van der Waals surface area contributed by atoms with Crippen molar-refractivity contribution in [2.45, 2.75) is 12.5 Å². The molecule has 2 saturated heterocycles. The van der Waals surface area contributed by atoms with E-state index in [0.717, 1.165) is 54.8 Å². The minimum absolute atomic E-state index is 0.251. The van der Waals surface area contributed by atoms with Crippen LogP contribution >= 0.6 is 11.8 Å². The van der Waals surface area contributed by atoms with Gasteiger partial charge >= 0.3 is 0 Å². The van der Waals surface area contributed by atoms with Crippen LogP contribution in [0.15, 0.2) is 47.3 Å².